The summed E-state index contributed by atoms with van der Waals surface area (Å²) in [5.74, 6) is 1.86. The van der Waals surface area contributed by atoms with Crippen molar-refractivity contribution in [3.8, 4) is 11.5 Å². The number of hydrogen-bond donors (Lipinski definition) is 1. The van der Waals surface area contributed by atoms with Crippen LogP contribution in [-0.4, -0.2) is 20.8 Å². The molecular formula is C15H25NO2. The van der Waals surface area contributed by atoms with Crippen molar-refractivity contribution < 1.29 is 9.47 Å². The van der Waals surface area contributed by atoms with E-state index in [2.05, 4.69) is 33.8 Å². The fourth-order valence-electron chi connectivity index (χ4n) is 2.34. The first-order valence-corrected chi connectivity index (χ1v) is 6.31. The van der Waals surface area contributed by atoms with Gasteiger partial charge in [-0.05, 0) is 49.4 Å². The Morgan fingerprint density at radius 3 is 2.17 bits per heavy atom. The van der Waals surface area contributed by atoms with Crippen molar-refractivity contribution in [2.45, 2.75) is 39.5 Å². The summed E-state index contributed by atoms with van der Waals surface area (Å²) >= 11 is 0. The Morgan fingerprint density at radius 1 is 1.11 bits per heavy atom. The predicted octanol–water partition coefficient (Wildman–Crippen LogP) is 2.95. The fraction of sp³-hybridized carbons (Fsp3) is 0.600. The molecule has 0 bridgehead atoms. The van der Waals surface area contributed by atoms with Gasteiger partial charge in [0.25, 0.3) is 0 Å². The van der Waals surface area contributed by atoms with Gasteiger partial charge in [0.2, 0.25) is 0 Å². The normalized spacial score (nSPS) is 11.5. The fourth-order valence-corrected chi connectivity index (χ4v) is 2.34. The molecule has 0 aliphatic heterocycles. The lowest BCUT2D eigenvalue weighted by Crippen LogP contribution is -2.23. The van der Waals surface area contributed by atoms with Gasteiger partial charge in [-0.1, -0.05) is 13.8 Å². The van der Waals surface area contributed by atoms with Crippen LogP contribution in [0.5, 0.6) is 11.5 Å². The third kappa shape index (κ3) is 2.61. The Kier molecular flexibility index (Phi) is 4.63. The van der Waals surface area contributed by atoms with Gasteiger partial charge in [0.05, 0.1) is 14.2 Å². The average Bonchev–Trinajstić information content (AvgIpc) is 2.32. The zero-order valence-corrected chi connectivity index (χ0v) is 12.4. The smallest absolute Gasteiger partial charge is 0.126 e. The minimum absolute atomic E-state index is 0.0220. The number of nitrogens with two attached hydrogens (primary N) is 1. The van der Waals surface area contributed by atoms with Gasteiger partial charge in [-0.25, -0.2) is 0 Å². The predicted molar refractivity (Wildman–Crippen MR) is 75.7 cm³/mol. The quantitative estimate of drug-likeness (QED) is 0.875. The van der Waals surface area contributed by atoms with Gasteiger partial charge < -0.3 is 15.2 Å². The van der Waals surface area contributed by atoms with Crippen molar-refractivity contribution in [3.05, 3.63) is 22.8 Å². The second-order valence-corrected chi connectivity index (χ2v) is 5.33. The first-order valence-electron chi connectivity index (χ1n) is 6.31. The lowest BCUT2D eigenvalue weighted by molar-refractivity contribution is 0.374. The molecule has 2 N–H and O–H groups in total. The Morgan fingerprint density at radius 2 is 1.72 bits per heavy atom. The van der Waals surface area contributed by atoms with Crippen molar-refractivity contribution in [2.75, 3.05) is 20.8 Å². The summed E-state index contributed by atoms with van der Waals surface area (Å²) in [5, 5.41) is 0. The van der Waals surface area contributed by atoms with Crippen molar-refractivity contribution in [3.63, 3.8) is 0 Å². The number of ether oxygens (including phenoxy) is 2. The molecule has 0 amide bonds. The molecule has 0 aliphatic rings. The van der Waals surface area contributed by atoms with Crippen LogP contribution in [0.15, 0.2) is 6.07 Å². The number of benzene rings is 1. The van der Waals surface area contributed by atoms with Gasteiger partial charge in [0.1, 0.15) is 11.5 Å². The zero-order chi connectivity index (χ0) is 13.9. The standard InChI is InChI=1S/C15H25NO2/c1-10-11(2)14(18-6)12(9-13(10)17-5)15(3,4)7-8-16/h9H,7-8,16H2,1-6H3. The van der Waals surface area contributed by atoms with Crippen LogP contribution in [0, 0.1) is 13.8 Å². The Balaban J connectivity index is 3.47. The van der Waals surface area contributed by atoms with Crippen LogP contribution in [0.2, 0.25) is 0 Å². The van der Waals surface area contributed by atoms with E-state index < -0.39 is 0 Å². The van der Waals surface area contributed by atoms with Crippen LogP contribution in [0.3, 0.4) is 0 Å². The van der Waals surface area contributed by atoms with Crippen LogP contribution in [-0.2, 0) is 5.41 Å². The molecule has 0 aromatic heterocycles. The van der Waals surface area contributed by atoms with E-state index in [1.54, 1.807) is 14.2 Å². The first-order chi connectivity index (χ1) is 8.38. The Labute approximate surface area is 110 Å². The molecule has 0 atom stereocenters. The van der Waals surface area contributed by atoms with Crippen molar-refractivity contribution in [2.24, 2.45) is 5.73 Å². The summed E-state index contributed by atoms with van der Waals surface area (Å²) in [6, 6.07) is 2.08. The van der Waals surface area contributed by atoms with Gasteiger partial charge in [0.15, 0.2) is 0 Å². The van der Waals surface area contributed by atoms with E-state index in [1.807, 2.05) is 0 Å². The highest BCUT2D eigenvalue weighted by atomic mass is 16.5. The summed E-state index contributed by atoms with van der Waals surface area (Å²) in [5.41, 5.74) is 9.11. The molecule has 3 nitrogen and oxygen atoms in total. The van der Waals surface area contributed by atoms with Crippen molar-refractivity contribution >= 4 is 0 Å². The van der Waals surface area contributed by atoms with Crippen LogP contribution >= 0.6 is 0 Å². The molecule has 102 valence electrons. The maximum absolute atomic E-state index is 5.71. The maximum Gasteiger partial charge on any atom is 0.126 e. The van der Waals surface area contributed by atoms with E-state index >= 15 is 0 Å². The van der Waals surface area contributed by atoms with E-state index in [-0.39, 0.29) is 5.41 Å². The third-order valence-corrected chi connectivity index (χ3v) is 3.72. The number of methoxy groups -OCH3 is 2. The second-order valence-electron chi connectivity index (χ2n) is 5.33. The molecule has 0 fully saturated rings. The van der Waals surface area contributed by atoms with E-state index in [4.69, 9.17) is 15.2 Å². The van der Waals surface area contributed by atoms with E-state index in [9.17, 15) is 0 Å². The molecule has 0 saturated carbocycles. The molecule has 0 unspecified atom stereocenters. The molecule has 0 saturated heterocycles. The summed E-state index contributed by atoms with van der Waals surface area (Å²) in [6.45, 7) is 9.15. The van der Waals surface area contributed by atoms with Gasteiger partial charge in [-0.3, -0.25) is 0 Å². The minimum atomic E-state index is -0.0220. The van der Waals surface area contributed by atoms with Crippen molar-refractivity contribution in [1.29, 1.82) is 0 Å². The zero-order valence-electron chi connectivity index (χ0n) is 12.4. The monoisotopic (exact) mass is 251 g/mol. The SMILES string of the molecule is COc1cc(C(C)(C)CCN)c(OC)c(C)c1C. The maximum atomic E-state index is 5.71. The van der Waals surface area contributed by atoms with Crippen LogP contribution in [0.4, 0.5) is 0 Å². The Bertz CT molecular complexity index is 425. The van der Waals surface area contributed by atoms with E-state index in [1.165, 1.54) is 0 Å². The average molecular weight is 251 g/mol. The van der Waals surface area contributed by atoms with Crippen LogP contribution in [0.25, 0.3) is 0 Å². The van der Waals surface area contributed by atoms with E-state index in [0.717, 1.165) is 34.6 Å². The van der Waals surface area contributed by atoms with E-state index in [0.29, 0.717) is 6.54 Å². The molecule has 18 heavy (non-hydrogen) atoms. The third-order valence-electron chi connectivity index (χ3n) is 3.72. The van der Waals surface area contributed by atoms with Gasteiger partial charge in [-0.15, -0.1) is 0 Å². The molecule has 0 heterocycles. The van der Waals surface area contributed by atoms with Crippen LogP contribution < -0.4 is 15.2 Å². The second kappa shape index (κ2) is 5.61. The summed E-state index contributed by atoms with van der Waals surface area (Å²) < 4.78 is 11.0. The first kappa shape index (κ1) is 14.8. The largest absolute Gasteiger partial charge is 0.496 e. The highest BCUT2D eigenvalue weighted by Gasteiger charge is 2.26. The topological polar surface area (TPSA) is 44.5 Å². The molecule has 0 spiro atoms. The molecule has 0 aliphatic carbocycles. The summed E-state index contributed by atoms with van der Waals surface area (Å²) in [6.07, 6.45) is 0.912. The van der Waals surface area contributed by atoms with Gasteiger partial charge in [0, 0.05) is 5.56 Å². The highest BCUT2D eigenvalue weighted by molar-refractivity contribution is 5.55. The summed E-state index contributed by atoms with van der Waals surface area (Å²) in [7, 11) is 3.42. The number of hydrogen-bond acceptors (Lipinski definition) is 3. The highest BCUT2D eigenvalue weighted by Crippen LogP contribution is 2.41. The van der Waals surface area contributed by atoms with Crippen molar-refractivity contribution in [1.82, 2.24) is 0 Å². The van der Waals surface area contributed by atoms with Gasteiger partial charge in [-0.2, -0.15) is 0 Å². The minimum Gasteiger partial charge on any atom is -0.496 e. The Hall–Kier alpha value is -1.22. The molecule has 1 aromatic carbocycles. The molecule has 1 aromatic rings. The lowest BCUT2D eigenvalue weighted by atomic mass is 9.79. The lowest BCUT2D eigenvalue weighted by Gasteiger charge is -2.29. The van der Waals surface area contributed by atoms with Gasteiger partial charge >= 0.3 is 0 Å². The number of rotatable bonds is 5. The summed E-state index contributed by atoms with van der Waals surface area (Å²) in [4.78, 5) is 0. The molecule has 3 heteroatoms. The molecule has 0 radical (unpaired) electrons. The van der Waals surface area contributed by atoms with Crippen LogP contribution in [0.1, 0.15) is 37.0 Å². The molecule has 1 rings (SSSR count). The molecular weight excluding hydrogens is 226 g/mol.